The lowest BCUT2D eigenvalue weighted by molar-refractivity contribution is 0.619. The zero-order chi connectivity index (χ0) is 12.7. The van der Waals surface area contributed by atoms with Gasteiger partial charge in [0.1, 0.15) is 17.3 Å². The van der Waals surface area contributed by atoms with Crippen LogP contribution < -0.4 is 0 Å². The van der Waals surface area contributed by atoms with Crippen molar-refractivity contribution in [1.29, 1.82) is 0 Å². The summed E-state index contributed by atoms with van der Waals surface area (Å²) in [6.45, 7) is 0. The molecule has 0 radical (unpaired) electrons. The van der Waals surface area contributed by atoms with Gasteiger partial charge in [-0.25, -0.2) is 14.4 Å². The molecule has 0 aliphatic heterocycles. The summed E-state index contributed by atoms with van der Waals surface area (Å²) < 4.78 is 16.4. The van der Waals surface area contributed by atoms with Crippen LogP contribution in [0.3, 0.4) is 0 Å². The molecule has 1 aromatic carbocycles. The summed E-state index contributed by atoms with van der Waals surface area (Å²) in [7, 11) is 0. The Hall–Kier alpha value is -1.21. The molecule has 6 heteroatoms. The maximum Gasteiger partial charge on any atom is 0.150 e. The summed E-state index contributed by atoms with van der Waals surface area (Å²) >= 11 is 8.18. The average molecular weight is 374 g/mol. The van der Waals surface area contributed by atoms with Crippen LogP contribution >= 0.6 is 34.2 Å². The standard InChI is InChI=1S/C12H6ClFIN3/c13-11-10-8(15)5-18(12(10)17-6-16-11)9-4-2-1-3-7(9)14/h1-6H. The van der Waals surface area contributed by atoms with Crippen molar-refractivity contribution in [3.8, 4) is 5.69 Å². The maximum absolute atomic E-state index is 13.8. The zero-order valence-electron chi connectivity index (χ0n) is 8.94. The molecule has 0 saturated carbocycles. The predicted molar refractivity (Wildman–Crippen MR) is 76.6 cm³/mol. The van der Waals surface area contributed by atoms with Crippen molar-refractivity contribution in [2.24, 2.45) is 0 Å². The minimum absolute atomic E-state index is 0.305. The van der Waals surface area contributed by atoms with Crippen molar-refractivity contribution in [2.45, 2.75) is 0 Å². The highest BCUT2D eigenvalue weighted by molar-refractivity contribution is 14.1. The summed E-state index contributed by atoms with van der Waals surface area (Å²) in [4.78, 5) is 8.12. The third kappa shape index (κ3) is 1.78. The number of benzene rings is 1. The minimum Gasteiger partial charge on any atom is -0.297 e. The second-order valence-electron chi connectivity index (χ2n) is 3.66. The van der Waals surface area contributed by atoms with Crippen molar-refractivity contribution in [3.05, 3.63) is 51.3 Å². The lowest BCUT2D eigenvalue weighted by Gasteiger charge is -2.05. The minimum atomic E-state index is -0.305. The van der Waals surface area contributed by atoms with Crippen LogP contribution in [0.25, 0.3) is 16.7 Å². The number of fused-ring (bicyclic) bond motifs is 1. The van der Waals surface area contributed by atoms with Crippen molar-refractivity contribution in [3.63, 3.8) is 0 Å². The Labute approximate surface area is 121 Å². The number of aromatic nitrogens is 3. The topological polar surface area (TPSA) is 30.7 Å². The summed E-state index contributed by atoms with van der Waals surface area (Å²) in [5.74, 6) is -0.305. The van der Waals surface area contributed by atoms with Crippen LogP contribution in [0.2, 0.25) is 5.15 Å². The fourth-order valence-electron chi connectivity index (χ4n) is 1.81. The molecule has 90 valence electrons. The van der Waals surface area contributed by atoms with Crippen molar-refractivity contribution in [2.75, 3.05) is 0 Å². The molecular formula is C12H6ClFIN3. The molecule has 0 N–H and O–H groups in total. The van der Waals surface area contributed by atoms with E-state index >= 15 is 0 Å². The van der Waals surface area contributed by atoms with Crippen LogP contribution in [0.1, 0.15) is 0 Å². The second kappa shape index (κ2) is 4.47. The van der Waals surface area contributed by atoms with E-state index in [1.54, 1.807) is 29.0 Å². The molecule has 0 amide bonds. The zero-order valence-corrected chi connectivity index (χ0v) is 11.9. The van der Waals surface area contributed by atoms with Gasteiger partial charge in [0.25, 0.3) is 0 Å². The number of hydrogen-bond acceptors (Lipinski definition) is 2. The first-order chi connectivity index (χ1) is 8.68. The van der Waals surface area contributed by atoms with Crippen molar-refractivity contribution >= 4 is 45.2 Å². The van der Waals surface area contributed by atoms with Gasteiger partial charge < -0.3 is 0 Å². The first-order valence-corrected chi connectivity index (χ1v) is 6.56. The van der Waals surface area contributed by atoms with Gasteiger partial charge in [-0.1, -0.05) is 23.7 Å². The summed E-state index contributed by atoms with van der Waals surface area (Å²) in [6.07, 6.45) is 3.17. The van der Waals surface area contributed by atoms with E-state index in [4.69, 9.17) is 11.6 Å². The normalized spacial score (nSPS) is 11.1. The number of rotatable bonds is 1. The van der Waals surface area contributed by atoms with Gasteiger partial charge in [0.15, 0.2) is 5.65 Å². The summed E-state index contributed by atoms with van der Waals surface area (Å²) in [6, 6.07) is 6.54. The molecule has 0 aliphatic rings. The third-order valence-electron chi connectivity index (χ3n) is 2.60. The van der Waals surface area contributed by atoms with E-state index in [1.165, 1.54) is 12.4 Å². The van der Waals surface area contributed by atoms with Crippen LogP contribution in [0.15, 0.2) is 36.8 Å². The van der Waals surface area contributed by atoms with E-state index in [9.17, 15) is 4.39 Å². The van der Waals surface area contributed by atoms with Crippen molar-refractivity contribution < 1.29 is 4.39 Å². The lowest BCUT2D eigenvalue weighted by atomic mass is 10.3. The summed E-state index contributed by atoms with van der Waals surface area (Å²) in [5, 5.41) is 1.11. The summed E-state index contributed by atoms with van der Waals surface area (Å²) in [5.41, 5.74) is 1.05. The van der Waals surface area contributed by atoms with Crippen molar-refractivity contribution in [1.82, 2.24) is 14.5 Å². The quantitative estimate of drug-likeness (QED) is 0.480. The van der Waals surface area contributed by atoms with Gasteiger partial charge in [0.2, 0.25) is 0 Å². The molecule has 2 heterocycles. The van der Waals surface area contributed by atoms with Gasteiger partial charge in [-0.15, -0.1) is 0 Å². The Bertz CT molecular complexity index is 741. The number of para-hydroxylation sites is 1. The molecule has 0 fully saturated rings. The molecule has 18 heavy (non-hydrogen) atoms. The van der Waals surface area contributed by atoms with E-state index in [0.717, 1.165) is 8.96 Å². The van der Waals surface area contributed by atoms with Crippen LogP contribution in [0.4, 0.5) is 4.39 Å². The molecule has 3 aromatic rings. The first kappa shape index (κ1) is 11.9. The van der Waals surface area contributed by atoms with E-state index in [1.807, 2.05) is 0 Å². The molecule has 0 aliphatic carbocycles. The third-order valence-corrected chi connectivity index (χ3v) is 3.71. The molecule has 0 spiro atoms. The largest absolute Gasteiger partial charge is 0.297 e. The average Bonchev–Trinajstić information content (AvgIpc) is 2.69. The molecule has 0 atom stereocenters. The fraction of sp³-hybridized carbons (Fsp3) is 0. The Balaban J connectivity index is 2.38. The number of nitrogens with zero attached hydrogens (tertiary/aromatic N) is 3. The molecule has 0 saturated heterocycles. The molecular weight excluding hydrogens is 368 g/mol. The van der Waals surface area contributed by atoms with Gasteiger partial charge >= 0.3 is 0 Å². The van der Waals surface area contributed by atoms with Crippen LogP contribution in [0, 0.1) is 9.39 Å². The van der Waals surface area contributed by atoms with Crippen LogP contribution in [0.5, 0.6) is 0 Å². The molecule has 2 aromatic heterocycles. The monoisotopic (exact) mass is 373 g/mol. The van der Waals surface area contributed by atoms with E-state index < -0.39 is 0 Å². The number of hydrogen-bond donors (Lipinski definition) is 0. The molecule has 3 rings (SSSR count). The molecule has 0 unspecified atom stereocenters. The van der Waals surface area contributed by atoms with Crippen LogP contribution in [-0.4, -0.2) is 14.5 Å². The fourth-order valence-corrected chi connectivity index (χ4v) is 2.98. The van der Waals surface area contributed by atoms with Gasteiger partial charge in [0.05, 0.1) is 11.1 Å². The van der Waals surface area contributed by atoms with E-state index in [-0.39, 0.29) is 5.82 Å². The lowest BCUT2D eigenvalue weighted by Crippen LogP contribution is -1.97. The predicted octanol–water partition coefficient (Wildman–Crippen LogP) is 3.82. The van der Waals surface area contributed by atoms with E-state index in [2.05, 4.69) is 32.6 Å². The highest BCUT2D eigenvalue weighted by atomic mass is 127. The highest BCUT2D eigenvalue weighted by Crippen LogP contribution is 2.29. The maximum atomic E-state index is 13.8. The van der Waals surface area contributed by atoms with Gasteiger partial charge in [-0.3, -0.25) is 4.57 Å². The SMILES string of the molecule is Fc1ccccc1-n1cc(I)c2c(Cl)ncnc21. The highest BCUT2D eigenvalue weighted by Gasteiger charge is 2.14. The Morgan fingerprint density at radius 3 is 2.78 bits per heavy atom. The smallest absolute Gasteiger partial charge is 0.150 e. The van der Waals surface area contributed by atoms with Gasteiger partial charge in [-0.05, 0) is 34.7 Å². The molecule has 3 nitrogen and oxygen atoms in total. The van der Waals surface area contributed by atoms with Gasteiger partial charge in [-0.2, -0.15) is 0 Å². The second-order valence-corrected chi connectivity index (χ2v) is 5.18. The number of halogens is 3. The Morgan fingerprint density at radius 2 is 2.00 bits per heavy atom. The Morgan fingerprint density at radius 1 is 1.22 bits per heavy atom. The first-order valence-electron chi connectivity index (χ1n) is 5.10. The van der Waals surface area contributed by atoms with Gasteiger partial charge in [0, 0.05) is 9.77 Å². The van der Waals surface area contributed by atoms with Crippen LogP contribution in [-0.2, 0) is 0 Å². The molecule has 0 bridgehead atoms. The van der Waals surface area contributed by atoms with E-state index in [0.29, 0.717) is 16.5 Å². The Kier molecular flexibility index (Phi) is 2.95.